The van der Waals surface area contributed by atoms with Gasteiger partial charge in [-0.1, -0.05) is 36.4 Å². The molecule has 4 rings (SSSR count). The van der Waals surface area contributed by atoms with E-state index in [-0.39, 0.29) is 5.36 Å². The molecule has 0 unspecified atom stereocenters. The fourth-order valence-corrected chi connectivity index (χ4v) is 2.96. The van der Waals surface area contributed by atoms with Crippen LogP contribution in [0.5, 0.6) is 0 Å². The first-order valence-electron chi connectivity index (χ1n) is 6.24. The molecule has 0 bridgehead atoms. The van der Waals surface area contributed by atoms with Gasteiger partial charge in [0.15, 0.2) is 0 Å². The maximum absolute atomic E-state index is 9.23. The topological polar surface area (TPSA) is 72.8 Å². The number of benzene rings is 4. The van der Waals surface area contributed by atoms with Crippen LogP contribution in [0.15, 0.2) is 48.5 Å². The lowest BCUT2D eigenvalue weighted by Gasteiger charge is -2.07. The Kier molecular flexibility index (Phi) is 2.01. The molecular formula is C16H8N4. The smallest absolute Gasteiger partial charge is 0.360 e. The number of hydrogen-bond acceptors (Lipinski definition) is 0. The Hall–Kier alpha value is -3.06. The van der Waals surface area contributed by atoms with Crippen LogP contribution in [0.2, 0.25) is 0 Å². The molecule has 0 spiro atoms. The average molecular weight is 256 g/mol. The second kappa shape index (κ2) is 3.72. The molecule has 0 atom stereocenters. The predicted molar refractivity (Wildman–Crippen MR) is 74.8 cm³/mol. The van der Waals surface area contributed by atoms with Crippen molar-refractivity contribution in [3.8, 4) is 0 Å². The van der Waals surface area contributed by atoms with Crippen LogP contribution < -0.4 is 10.7 Å². The largest absolute Gasteiger partial charge is 0.410 e. The first kappa shape index (κ1) is 10.8. The van der Waals surface area contributed by atoms with Crippen LogP contribution in [0.3, 0.4) is 0 Å². The molecule has 4 heteroatoms. The summed E-state index contributed by atoms with van der Waals surface area (Å²) in [6.07, 6.45) is 0. The van der Waals surface area contributed by atoms with Crippen molar-refractivity contribution >= 4 is 32.3 Å². The number of nitrogens with zero attached hydrogens (tertiary/aromatic N) is 4. The molecule has 4 aromatic rings. The summed E-state index contributed by atoms with van der Waals surface area (Å²) in [5.41, 5.74) is 18.3. The molecule has 0 aliphatic heterocycles. The Morgan fingerprint density at radius 3 is 2.10 bits per heavy atom. The van der Waals surface area contributed by atoms with E-state index in [1.807, 2.05) is 30.3 Å². The minimum Gasteiger partial charge on any atom is -0.360 e. The molecule has 4 aromatic carbocycles. The molecule has 4 nitrogen and oxygen atoms in total. The summed E-state index contributed by atoms with van der Waals surface area (Å²) in [4.78, 5) is 6.51. The molecule has 20 heavy (non-hydrogen) atoms. The summed E-state index contributed by atoms with van der Waals surface area (Å²) in [7, 11) is 0. The summed E-state index contributed by atoms with van der Waals surface area (Å²) < 4.78 is 0. The van der Waals surface area contributed by atoms with E-state index in [1.165, 1.54) is 0 Å². The van der Waals surface area contributed by atoms with Crippen molar-refractivity contribution < 1.29 is 9.58 Å². The quantitative estimate of drug-likeness (QED) is 0.263. The van der Waals surface area contributed by atoms with E-state index in [1.54, 1.807) is 6.07 Å². The van der Waals surface area contributed by atoms with Gasteiger partial charge in [0.05, 0.1) is 5.39 Å². The lowest BCUT2D eigenvalue weighted by atomic mass is 9.94. The minimum absolute atomic E-state index is 0.262. The van der Waals surface area contributed by atoms with Crippen molar-refractivity contribution in [2.45, 2.75) is 0 Å². The van der Waals surface area contributed by atoms with Crippen LogP contribution in [-0.4, -0.2) is 9.58 Å². The standard InChI is InChI=1S/C16H8N4/c17-19-13-8-11-5-4-9-2-1-3-10-6-7-12(16(13)20-18)15(11)14(9)10/h1-8H. The molecule has 0 saturated heterocycles. The molecule has 0 amide bonds. The van der Waals surface area contributed by atoms with Gasteiger partial charge in [0, 0.05) is 11.5 Å². The van der Waals surface area contributed by atoms with Gasteiger partial charge in [-0.05, 0) is 27.6 Å². The first-order valence-corrected chi connectivity index (χ1v) is 6.24. The fourth-order valence-electron chi connectivity index (χ4n) is 2.96. The Labute approximate surface area is 113 Å². The molecule has 0 aliphatic carbocycles. The molecule has 92 valence electrons. The van der Waals surface area contributed by atoms with Crippen molar-refractivity contribution in [3.05, 3.63) is 70.3 Å². The van der Waals surface area contributed by atoms with Crippen LogP contribution in [0.4, 0.5) is 0 Å². The van der Waals surface area contributed by atoms with Crippen molar-refractivity contribution in [2.75, 3.05) is 0 Å². The highest BCUT2D eigenvalue weighted by atomic mass is 14.9. The Bertz CT molecular complexity index is 1130. The molecule has 0 aliphatic rings. The van der Waals surface area contributed by atoms with E-state index in [0.717, 1.165) is 32.3 Å². The van der Waals surface area contributed by atoms with Crippen LogP contribution in [-0.2, 0) is 0 Å². The van der Waals surface area contributed by atoms with Crippen molar-refractivity contribution in [3.63, 3.8) is 0 Å². The first-order chi connectivity index (χ1) is 9.83. The van der Waals surface area contributed by atoms with E-state index >= 15 is 0 Å². The molecule has 0 heterocycles. The summed E-state index contributed by atoms with van der Waals surface area (Å²) in [5.74, 6) is 0. The van der Waals surface area contributed by atoms with Gasteiger partial charge in [-0.15, -0.1) is 0 Å². The van der Waals surface area contributed by atoms with Gasteiger partial charge < -0.3 is 11.1 Å². The van der Waals surface area contributed by atoms with Gasteiger partial charge in [0.2, 0.25) is 0 Å². The van der Waals surface area contributed by atoms with Crippen molar-refractivity contribution in [2.24, 2.45) is 0 Å². The van der Waals surface area contributed by atoms with Gasteiger partial charge >= 0.3 is 10.7 Å². The lowest BCUT2D eigenvalue weighted by Crippen LogP contribution is -2.28. The zero-order valence-electron chi connectivity index (χ0n) is 10.4. The zero-order valence-corrected chi connectivity index (χ0v) is 10.4. The van der Waals surface area contributed by atoms with E-state index in [2.05, 4.69) is 21.7 Å². The monoisotopic (exact) mass is 256 g/mol. The van der Waals surface area contributed by atoms with Crippen LogP contribution in [0.1, 0.15) is 0 Å². The summed E-state index contributed by atoms with van der Waals surface area (Å²) >= 11 is 0. The highest BCUT2D eigenvalue weighted by Crippen LogP contribution is 2.31. The molecule has 0 N–H and O–H groups in total. The highest BCUT2D eigenvalue weighted by Gasteiger charge is 2.16. The Morgan fingerprint density at radius 1 is 0.700 bits per heavy atom. The third-order valence-electron chi connectivity index (χ3n) is 3.81. The Balaban J connectivity index is 2.56. The van der Waals surface area contributed by atoms with Crippen LogP contribution in [0.25, 0.3) is 43.4 Å². The van der Waals surface area contributed by atoms with Crippen molar-refractivity contribution in [1.29, 1.82) is 0 Å². The molecular weight excluding hydrogens is 248 g/mol. The van der Waals surface area contributed by atoms with Gasteiger partial charge in [0.25, 0.3) is 0 Å². The third-order valence-corrected chi connectivity index (χ3v) is 3.81. The maximum atomic E-state index is 9.23. The average Bonchev–Trinajstić information content (AvgIpc) is 2.51. The summed E-state index contributed by atoms with van der Waals surface area (Å²) in [6.45, 7) is 0. The van der Waals surface area contributed by atoms with Gasteiger partial charge in [-0.2, -0.15) is 9.58 Å². The molecule has 0 aromatic heterocycles. The fraction of sp³-hybridized carbons (Fsp3) is 0. The highest BCUT2D eigenvalue weighted by molar-refractivity contribution is 6.22. The third kappa shape index (κ3) is 1.21. The maximum Gasteiger partial charge on any atom is 0.410 e. The number of hydrogen-bond donors (Lipinski definition) is 0. The van der Waals surface area contributed by atoms with E-state index < -0.39 is 0 Å². The minimum atomic E-state index is 0.262. The normalized spacial score (nSPS) is 11.0. The second-order valence-electron chi connectivity index (χ2n) is 4.80. The van der Waals surface area contributed by atoms with Gasteiger partial charge in [0.1, 0.15) is 0 Å². The Morgan fingerprint density at radius 2 is 1.40 bits per heavy atom. The SMILES string of the molecule is [N-]=[N+]=c1cc2ccc3cccc4ccc(c1=[N+]=[N-])c2c34. The molecule has 0 radical (unpaired) electrons. The van der Waals surface area contributed by atoms with E-state index in [9.17, 15) is 5.53 Å². The van der Waals surface area contributed by atoms with Crippen molar-refractivity contribution in [1.82, 2.24) is 0 Å². The lowest BCUT2D eigenvalue weighted by molar-refractivity contribution is -0.107. The van der Waals surface area contributed by atoms with Gasteiger partial charge in [-0.3, -0.25) is 0 Å². The number of rotatable bonds is 0. The second-order valence-corrected chi connectivity index (χ2v) is 4.80. The van der Waals surface area contributed by atoms with E-state index in [0.29, 0.717) is 5.36 Å². The van der Waals surface area contributed by atoms with Gasteiger partial charge in [-0.25, -0.2) is 0 Å². The summed E-state index contributed by atoms with van der Waals surface area (Å²) in [5, 5.41) is 6.73. The predicted octanol–water partition coefficient (Wildman–Crippen LogP) is 2.28. The van der Waals surface area contributed by atoms with E-state index in [4.69, 9.17) is 5.53 Å². The zero-order chi connectivity index (χ0) is 13.7. The summed E-state index contributed by atoms with van der Waals surface area (Å²) in [6, 6.07) is 15.8. The molecule has 0 saturated carbocycles. The molecule has 0 fully saturated rings. The van der Waals surface area contributed by atoms with Crippen LogP contribution in [0, 0.1) is 0 Å². The van der Waals surface area contributed by atoms with Crippen LogP contribution >= 0.6 is 0 Å².